The van der Waals surface area contributed by atoms with Crippen molar-refractivity contribution in [1.82, 2.24) is 0 Å². The lowest BCUT2D eigenvalue weighted by Gasteiger charge is -2.33. The molecule has 4 nitrogen and oxygen atoms in total. The highest BCUT2D eigenvalue weighted by atomic mass is 35.5. The van der Waals surface area contributed by atoms with E-state index in [9.17, 15) is 15.3 Å². The Morgan fingerprint density at radius 2 is 2.00 bits per heavy atom. The minimum atomic E-state index is -0.549. The fourth-order valence-corrected chi connectivity index (χ4v) is 5.11. The van der Waals surface area contributed by atoms with Crippen molar-refractivity contribution in [3.05, 3.63) is 63.0 Å². The number of rotatable bonds is 4. The molecule has 0 saturated carbocycles. The molecule has 0 aliphatic carbocycles. The molecule has 0 radical (unpaired) electrons. The van der Waals surface area contributed by atoms with Gasteiger partial charge >= 0.3 is 0 Å². The molecule has 3 aromatic rings. The van der Waals surface area contributed by atoms with E-state index in [2.05, 4.69) is 6.07 Å². The standard InChI is InChI=1S/C22H23ClO4S/c1-12-4-20(26)19(21-10-16(25)9-17(11-24)27-21)8-13(12)6-18-7-14-5-15(23)2-3-22(14)28-18/h2-5,7-8,16-17,21,24-26H,6,9-11H2,1H3/t16?,17?,21-/m1/s1. The van der Waals surface area contributed by atoms with Gasteiger partial charge < -0.3 is 20.1 Å². The van der Waals surface area contributed by atoms with E-state index in [4.69, 9.17) is 16.3 Å². The van der Waals surface area contributed by atoms with Crippen molar-refractivity contribution < 1.29 is 20.1 Å². The molecule has 2 heterocycles. The molecule has 1 aliphatic heterocycles. The Labute approximate surface area is 173 Å². The quantitative estimate of drug-likeness (QED) is 0.572. The molecule has 0 spiro atoms. The number of ether oxygens (including phenoxy) is 1. The summed E-state index contributed by atoms with van der Waals surface area (Å²) in [6, 6.07) is 11.8. The van der Waals surface area contributed by atoms with Crippen LogP contribution in [0.3, 0.4) is 0 Å². The van der Waals surface area contributed by atoms with E-state index in [-0.39, 0.29) is 12.4 Å². The van der Waals surface area contributed by atoms with Gasteiger partial charge in [-0.3, -0.25) is 0 Å². The summed E-state index contributed by atoms with van der Waals surface area (Å²) in [5, 5.41) is 31.9. The van der Waals surface area contributed by atoms with Gasteiger partial charge in [-0.05, 0) is 59.8 Å². The predicted octanol–water partition coefficient (Wildman–Crippen LogP) is 4.73. The summed E-state index contributed by atoms with van der Waals surface area (Å²) >= 11 is 7.83. The number of aromatic hydroxyl groups is 1. The molecule has 1 aromatic heterocycles. The second-order valence-corrected chi connectivity index (χ2v) is 9.07. The van der Waals surface area contributed by atoms with Crippen LogP contribution in [-0.2, 0) is 11.2 Å². The number of aryl methyl sites for hydroxylation is 1. The van der Waals surface area contributed by atoms with Crippen molar-refractivity contribution in [3.8, 4) is 5.75 Å². The number of hydrogen-bond donors (Lipinski definition) is 3. The molecule has 3 N–H and O–H groups in total. The highest BCUT2D eigenvalue weighted by Crippen LogP contribution is 2.38. The van der Waals surface area contributed by atoms with Gasteiger partial charge in [0.25, 0.3) is 0 Å². The predicted molar refractivity (Wildman–Crippen MR) is 112 cm³/mol. The van der Waals surface area contributed by atoms with Crippen LogP contribution in [0, 0.1) is 6.92 Å². The van der Waals surface area contributed by atoms with Gasteiger partial charge in [0, 0.05) is 39.4 Å². The summed E-state index contributed by atoms with van der Waals surface area (Å²) in [6.07, 6.45) is 0.179. The van der Waals surface area contributed by atoms with Crippen LogP contribution >= 0.6 is 22.9 Å². The van der Waals surface area contributed by atoms with Crippen molar-refractivity contribution in [3.63, 3.8) is 0 Å². The van der Waals surface area contributed by atoms with Crippen LogP contribution in [0.2, 0.25) is 5.02 Å². The summed E-state index contributed by atoms with van der Waals surface area (Å²) in [5.41, 5.74) is 2.78. The minimum absolute atomic E-state index is 0.141. The van der Waals surface area contributed by atoms with Crippen molar-refractivity contribution in [1.29, 1.82) is 0 Å². The van der Waals surface area contributed by atoms with Crippen LogP contribution in [0.15, 0.2) is 36.4 Å². The molecule has 1 fully saturated rings. The second-order valence-electron chi connectivity index (χ2n) is 7.46. The third kappa shape index (κ3) is 4.04. The Bertz CT molecular complexity index is 1000. The molecule has 2 aromatic carbocycles. The minimum Gasteiger partial charge on any atom is -0.508 e. The van der Waals surface area contributed by atoms with Gasteiger partial charge in [0.1, 0.15) is 5.75 Å². The number of aliphatic hydroxyl groups excluding tert-OH is 2. The number of phenols is 1. The first kappa shape index (κ1) is 19.7. The number of aliphatic hydroxyl groups is 2. The first-order valence-electron chi connectivity index (χ1n) is 9.37. The molecule has 1 saturated heterocycles. The molecule has 3 atom stereocenters. The maximum Gasteiger partial charge on any atom is 0.121 e. The smallest absolute Gasteiger partial charge is 0.121 e. The monoisotopic (exact) mass is 418 g/mol. The number of thiophene rings is 1. The zero-order valence-corrected chi connectivity index (χ0v) is 17.1. The van der Waals surface area contributed by atoms with Gasteiger partial charge in [-0.15, -0.1) is 11.3 Å². The summed E-state index contributed by atoms with van der Waals surface area (Å²) < 4.78 is 7.09. The van der Waals surface area contributed by atoms with E-state index in [0.29, 0.717) is 18.4 Å². The zero-order valence-electron chi connectivity index (χ0n) is 15.6. The summed E-state index contributed by atoms with van der Waals surface area (Å²) in [7, 11) is 0. The number of halogens is 1. The van der Waals surface area contributed by atoms with E-state index in [1.807, 2.05) is 31.2 Å². The van der Waals surface area contributed by atoms with Crippen LogP contribution < -0.4 is 0 Å². The SMILES string of the molecule is Cc1cc(O)c([C@H]2CC(O)CC(CO)O2)cc1Cc1cc2cc(Cl)ccc2s1. The number of fused-ring (bicyclic) bond motifs is 1. The van der Waals surface area contributed by atoms with E-state index in [1.54, 1.807) is 17.4 Å². The molecule has 2 unspecified atom stereocenters. The first-order valence-corrected chi connectivity index (χ1v) is 10.6. The molecule has 4 rings (SSSR count). The van der Waals surface area contributed by atoms with E-state index >= 15 is 0 Å². The van der Waals surface area contributed by atoms with Gasteiger partial charge in [0.05, 0.1) is 24.9 Å². The van der Waals surface area contributed by atoms with Crippen LogP contribution in [0.25, 0.3) is 10.1 Å². The Balaban J connectivity index is 1.64. The number of phenolic OH excluding ortho intramolecular Hbond substituents is 1. The van der Waals surface area contributed by atoms with E-state index in [1.165, 1.54) is 9.58 Å². The van der Waals surface area contributed by atoms with Gasteiger partial charge in [-0.2, -0.15) is 0 Å². The molecule has 148 valence electrons. The van der Waals surface area contributed by atoms with Crippen molar-refractivity contribution in [2.24, 2.45) is 0 Å². The summed E-state index contributed by atoms with van der Waals surface area (Å²) in [5.74, 6) is 0.167. The average Bonchev–Trinajstić information content (AvgIpc) is 3.04. The highest BCUT2D eigenvalue weighted by molar-refractivity contribution is 7.19. The second kappa shape index (κ2) is 8.01. The lowest BCUT2D eigenvalue weighted by molar-refractivity contribution is -0.114. The van der Waals surface area contributed by atoms with Crippen LogP contribution in [0.1, 0.15) is 40.5 Å². The van der Waals surface area contributed by atoms with Crippen LogP contribution in [0.4, 0.5) is 0 Å². The molecule has 0 bridgehead atoms. The van der Waals surface area contributed by atoms with Gasteiger partial charge in [0.2, 0.25) is 0 Å². The topological polar surface area (TPSA) is 69.9 Å². The zero-order chi connectivity index (χ0) is 19.8. The van der Waals surface area contributed by atoms with E-state index in [0.717, 1.165) is 28.0 Å². The molecular formula is C22H23ClO4S. The lowest BCUT2D eigenvalue weighted by atomic mass is 9.92. The highest BCUT2D eigenvalue weighted by Gasteiger charge is 2.30. The van der Waals surface area contributed by atoms with Gasteiger partial charge in [-0.25, -0.2) is 0 Å². The molecule has 1 aliphatic rings. The molecule has 6 heteroatoms. The largest absolute Gasteiger partial charge is 0.508 e. The van der Waals surface area contributed by atoms with E-state index < -0.39 is 18.3 Å². The number of benzene rings is 2. The third-order valence-electron chi connectivity index (χ3n) is 5.31. The third-order valence-corrected chi connectivity index (χ3v) is 6.66. The molecular weight excluding hydrogens is 396 g/mol. The fourth-order valence-electron chi connectivity index (χ4n) is 3.86. The Morgan fingerprint density at radius 1 is 1.18 bits per heavy atom. The average molecular weight is 419 g/mol. The van der Waals surface area contributed by atoms with Gasteiger partial charge in [-0.1, -0.05) is 11.6 Å². The lowest BCUT2D eigenvalue weighted by Crippen LogP contribution is -2.33. The molecule has 0 amide bonds. The molecule has 28 heavy (non-hydrogen) atoms. The van der Waals surface area contributed by atoms with Crippen molar-refractivity contribution in [2.75, 3.05) is 6.61 Å². The summed E-state index contributed by atoms with van der Waals surface area (Å²) in [6.45, 7) is 1.84. The Morgan fingerprint density at radius 3 is 2.79 bits per heavy atom. The fraction of sp³-hybridized carbons (Fsp3) is 0.364. The summed E-state index contributed by atoms with van der Waals surface area (Å²) in [4.78, 5) is 1.22. The Hall–Kier alpha value is -1.63. The first-order chi connectivity index (χ1) is 13.4. The maximum absolute atomic E-state index is 10.5. The number of hydrogen-bond acceptors (Lipinski definition) is 5. The maximum atomic E-state index is 10.5. The van der Waals surface area contributed by atoms with Crippen LogP contribution in [-0.4, -0.2) is 34.1 Å². The normalized spacial score (nSPS) is 22.6. The van der Waals surface area contributed by atoms with Crippen LogP contribution in [0.5, 0.6) is 5.75 Å². The van der Waals surface area contributed by atoms with Gasteiger partial charge in [0.15, 0.2) is 0 Å². The Kier molecular flexibility index (Phi) is 5.63. The van der Waals surface area contributed by atoms with Crippen molar-refractivity contribution in [2.45, 2.75) is 44.5 Å². The van der Waals surface area contributed by atoms with Crippen molar-refractivity contribution >= 4 is 33.0 Å².